The van der Waals surface area contributed by atoms with E-state index in [1.165, 1.54) is 6.07 Å². The van der Waals surface area contributed by atoms with Crippen LogP contribution in [0.2, 0.25) is 0 Å². The third kappa shape index (κ3) is 3.29. The van der Waals surface area contributed by atoms with Crippen LogP contribution in [0.25, 0.3) is 0 Å². The molecule has 4 nitrogen and oxygen atoms in total. The summed E-state index contributed by atoms with van der Waals surface area (Å²) in [5, 5.41) is 8.53. The van der Waals surface area contributed by atoms with Crippen LogP contribution in [0.15, 0.2) is 0 Å². The van der Waals surface area contributed by atoms with E-state index in [4.69, 9.17) is 10.00 Å². The summed E-state index contributed by atoms with van der Waals surface area (Å²) in [5.74, 6) is 0. The van der Waals surface area contributed by atoms with E-state index in [1.54, 1.807) is 20.8 Å². The van der Waals surface area contributed by atoms with Gasteiger partial charge in [0.1, 0.15) is 11.7 Å². The second-order valence-electron chi connectivity index (χ2n) is 5.12. The highest BCUT2D eigenvalue weighted by Crippen LogP contribution is 2.29. The van der Waals surface area contributed by atoms with Crippen molar-refractivity contribution in [2.45, 2.75) is 44.6 Å². The summed E-state index contributed by atoms with van der Waals surface area (Å²) in [4.78, 5) is 12.7. The number of halogens is 2. The van der Waals surface area contributed by atoms with Crippen molar-refractivity contribution in [1.29, 1.82) is 5.26 Å². The standard InChI is InChI=1S/C11H16F2N2O2/c1-10(2,3)17-9(16)15-5-4-11(13,7-14)8(12)6-15/h8H,4-6H2,1-3H3. The molecule has 96 valence electrons. The Morgan fingerprint density at radius 1 is 1.59 bits per heavy atom. The molecule has 6 heteroatoms. The fraction of sp³-hybridized carbons (Fsp3) is 0.818. The van der Waals surface area contributed by atoms with Crippen LogP contribution in [0.5, 0.6) is 0 Å². The number of nitriles is 1. The normalized spacial score (nSPS) is 29.6. The monoisotopic (exact) mass is 246 g/mol. The topological polar surface area (TPSA) is 53.3 Å². The second-order valence-corrected chi connectivity index (χ2v) is 5.12. The van der Waals surface area contributed by atoms with Gasteiger partial charge in [0.05, 0.1) is 6.54 Å². The summed E-state index contributed by atoms with van der Waals surface area (Å²) in [7, 11) is 0. The molecule has 0 aliphatic carbocycles. The van der Waals surface area contributed by atoms with Crippen LogP contribution in [0.1, 0.15) is 27.2 Å². The maximum Gasteiger partial charge on any atom is 0.410 e. The molecule has 1 amide bonds. The average molecular weight is 246 g/mol. The van der Waals surface area contributed by atoms with E-state index < -0.39 is 30.1 Å². The lowest BCUT2D eigenvalue weighted by Crippen LogP contribution is -2.53. The number of piperidine rings is 1. The SMILES string of the molecule is CC(C)(C)OC(=O)N1CCC(F)(C#N)C(F)C1. The Labute approximate surface area is 99.1 Å². The summed E-state index contributed by atoms with van der Waals surface area (Å²) >= 11 is 0. The zero-order valence-corrected chi connectivity index (χ0v) is 10.2. The number of hydrogen-bond donors (Lipinski definition) is 0. The first kappa shape index (κ1) is 13.7. The zero-order chi connectivity index (χ0) is 13.3. The van der Waals surface area contributed by atoms with Gasteiger partial charge in [-0.05, 0) is 20.8 Å². The van der Waals surface area contributed by atoms with Crippen LogP contribution < -0.4 is 0 Å². The molecule has 0 aromatic rings. The third-order valence-electron chi connectivity index (χ3n) is 2.46. The number of amides is 1. The number of rotatable bonds is 0. The van der Waals surface area contributed by atoms with Gasteiger partial charge in [0.15, 0.2) is 6.17 Å². The van der Waals surface area contributed by atoms with Crippen molar-refractivity contribution in [3.05, 3.63) is 0 Å². The lowest BCUT2D eigenvalue weighted by Gasteiger charge is -2.35. The first-order valence-electron chi connectivity index (χ1n) is 5.40. The van der Waals surface area contributed by atoms with Gasteiger partial charge in [0.2, 0.25) is 5.67 Å². The first-order valence-corrected chi connectivity index (χ1v) is 5.40. The number of ether oxygens (including phenoxy) is 1. The van der Waals surface area contributed by atoms with Crippen LogP contribution in [-0.4, -0.2) is 41.5 Å². The van der Waals surface area contributed by atoms with Gasteiger partial charge >= 0.3 is 6.09 Å². The number of alkyl halides is 2. The number of likely N-dealkylation sites (tertiary alicyclic amines) is 1. The highest BCUT2D eigenvalue weighted by molar-refractivity contribution is 5.68. The Bertz CT molecular complexity index is 348. The predicted molar refractivity (Wildman–Crippen MR) is 56.8 cm³/mol. The highest BCUT2D eigenvalue weighted by Gasteiger charge is 2.46. The summed E-state index contributed by atoms with van der Waals surface area (Å²) < 4.78 is 32.0. The Kier molecular flexibility index (Phi) is 3.60. The molecule has 0 saturated carbocycles. The van der Waals surface area contributed by atoms with Gasteiger partial charge in [-0.2, -0.15) is 5.26 Å². The Morgan fingerprint density at radius 2 is 2.18 bits per heavy atom. The summed E-state index contributed by atoms with van der Waals surface area (Å²) in [6, 6.07) is 1.32. The predicted octanol–water partition coefficient (Wildman–Crippen LogP) is 2.20. The molecule has 2 atom stereocenters. The molecule has 0 aromatic heterocycles. The zero-order valence-electron chi connectivity index (χ0n) is 10.2. The van der Waals surface area contributed by atoms with Gasteiger partial charge in [0, 0.05) is 13.0 Å². The smallest absolute Gasteiger partial charge is 0.410 e. The molecule has 1 heterocycles. The minimum absolute atomic E-state index is 0.0145. The van der Waals surface area contributed by atoms with E-state index in [9.17, 15) is 13.6 Å². The van der Waals surface area contributed by atoms with Crippen molar-refractivity contribution in [2.24, 2.45) is 0 Å². The number of nitrogens with zero attached hydrogens (tertiary/aromatic N) is 2. The molecule has 1 rings (SSSR count). The van der Waals surface area contributed by atoms with Crippen molar-refractivity contribution in [1.82, 2.24) is 4.90 Å². The van der Waals surface area contributed by atoms with E-state index in [0.29, 0.717) is 0 Å². The number of carbonyl (C=O) groups is 1. The molecule has 0 aromatic carbocycles. The van der Waals surface area contributed by atoms with Gasteiger partial charge in [-0.3, -0.25) is 0 Å². The van der Waals surface area contributed by atoms with Crippen LogP contribution in [0.3, 0.4) is 0 Å². The van der Waals surface area contributed by atoms with Crippen molar-refractivity contribution >= 4 is 6.09 Å². The molecular weight excluding hydrogens is 230 g/mol. The lowest BCUT2D eigenvalue weighted by molar-refractivity contribution is -0.0148. The molecule has 0 N–H and O–H groups in total. The molecule has 1 saturated heterocycles. The third-order valence-corrected chi connectivity index (χ3v) is 2.46. The number of carbonyl (C=O) groups excluding carboxylic acids is 1. The Morgan fingerprint density at radius 3 is 2.59 bits per heavy atom. The van der Waals surface area contributed by atoms with Gasteiger partial charge < -0.3 is 9.64 Å². The van der Waals surface area contributed by atoms with Crippen LogP contribution in [-0.2, 0) is 4.74 Å². The van der Waals surface area contributed by atoms with E-state index >= 15 is 0 Å². The van der Waals surface area contributed by atoms with Gasteiger partial charge in [0.25, 0.3) is 0 Å². The quantitative estimate of drug-likeness (QED) is 0.658. The molecule has 2 unspecified atom stereocenters. The minimum Gasteiger partial charge on any atom is -0.444 e. The first-order chi connectivity index (χ1) is 7.68. The maximum absolute atomic E-state index is 13.6. The maximum atomic E-state index is 13.6. The highest BCUT2D eigenvalue weighted by atomic mass is 19.2. The second kappa shape index (κ2) is 4.47. The number of hydrogen-bond acceptors (Lipinski definition) is 3. The molecular formula is C11H16F2N2O2. The molecule has 0 radical (unpaired) electrons. The molecule has 0 spiro atoms. The minimum atomic E-state index is -2.49. The molecule has 1 aliphatic rings. The lowest BCUT2D eigenvalue weighted by atomic mass is 9.93. The summed E-state index contributed by atoms with van der Waals surface area (Å²) in [5.41, 5.74) is -3.17. The van der Waals surface area contributed by atoms with Crippen LogP contribution in [0.4, 0.5) is 13.6 Å². The molecule has 1 aliphatic heterocycles. The van der Waals surface area contributed by atoms with Crippen molar-refractivity contribution < 1.29 is 18.3 Å². The van der Waals surface area contributed by atoms with Crippen LogP contribution >= 0.6 is 0 Å². The summed E-state index contributed by atoms with van der Waals surface area (Å²) in [6.45, 7) is 4.61. The fourth-order valence-corrected chi connectivity index (χ4v) is 1.50. The van der Waals surface area contributed by atoms with Gasteiger partial charge in [-0.1, -0.05) is 0 Å². The van der Waals surface area contributed by atoms with Gasteiger partial charge in [-0.15, -0.1) is 0 Å². The van der Waals surface area contributed by atoms with Crippen molar-refractivity contribution in [3.8, 4) is 6.07 Å². The van der Waals surface area contributed by atoms with Gasteiger partial charge in [-0.25, -0.2) is 13.6 Å². The van der Waals surface area contributed by atoms with E-state index in [-0.39, 0.29) is 13.0 Å². The molecule has 1 fully saturated rings. The van der Waals surface area contributed by atoms with E-state index in [1.807, 2.05) is 0 Å². The summed E-state index contributed by atoms with van der Waals surface area (Å²) in [6.07, 6.45) is -3.00. The average Bonchev–Trinajstić information content (AvgIpc) is 2.19. The van der Waals surface area contributed by atoms with Crippen LogP contribution in [0, 0.1) is 11.3 Å². The largest absolute Gasteiger partial charge is 0.444 e. The Balaban J connectivity index is 2.62. The fourth-order valence-electron chi connectivity index (χ4n) is 1.50. The van der Waals surface area contributed by atoms with Crippen molar-refractivity contribution in [3.63, 3.8) is 0 Å². The molecule has 17 heavy (non-hydrogen) atoms. The Hall–Kier alpha value is -1.38. The van der Waals surface area contributed by atoms with Crippen molar-refractivity contribution in [2.75, 3.05) is 13.1 Å². The van der Waals surface area contributed by atoms with E-state index in [0.717, 1.165) is 4.90 Å². The van der Waals surface area contributed by atoms with E-state index in [2.05, 4.69) is 0 Å². The molecule has 0 bridgehead atoms.